The molecule has 1 unspecified atom stereocenters. The highest BCUT2D eigenvalue weighted by Gasteiger charge is 2.25. The van der Waals surface area contributed by atoms with Crippen LogP contribution < -0.4 is 0 Å². The van der Waals surface area contributed by atoms with Crippen molar-refractivity contribution in [3.8, 4) is 0 Å². The summed E-state index contributed by atoms with van der Waals surface area (Å²) in [5.41, 5.74) is 0. The van der Waals surface area contributed by atoms with Crippen molar-refractivity contribution in [2.24, 2.45) is 11.8 Å². The maximum Gasteiger partial charge on any atom is 0.314 e. The van der Waals surface area contributed by atoms with Crippen LogP contribution in [0.1, 0.15) is 20.3 Å². The Morgan fingerprint density at radius 2 is 1.92 bits per heavy atom. The minimum absolute atomic E-state index is 0.172. The lowest BCUT2D eigenvalue weighted by molar-refractivity contribution is -0.146. The van der Waals surface area contributed by atoms with E-state index >= 15 is 0 Å². The van der Waals surface area contributed by atoms with E-state index in [1.165, 1.54) is 11.8 Å². The van der Waals surface area contributed by atoms with Crippen LogP contribution in [0.25, 0.3) is 0 Å². The molecule has 3 nitrogen and oxygen atoms in total. The zero-order chi connectivity index (χ0) is 10.4. The Bertz CT molecular complexity index is 189. The normalized spacial score (nSPS) is 12.9. The molecule has 0 aliphatic carbocycles. The molecule has 0 aromatic rings. The molecule has 0 heterocycles. The summed E-state index contributed by atoms with van der Waals surface area (Å²) in [6.45, 7) is 3.84. The van der Waals surface area contributed by atoms with Gasteiger partial charge in [0.25, 0.3) is 0 Å². The van der Waals surface area contributed by atoms with Gasteiger partial charge < -0.3 is 5.11 Å². The number of rotatable bonds is 6. The van der Waals surface area contributed by atoms with E-state index < -0.39 is 11.9 Å². The number of carboxylic acids is 1. The average Bonchev–Trinajstić information content (AvgIpc) is 1.99. The molecule has 0 aromatic heterocycles. The van der Waals surface area contributed by atoms with Crippen LogP contribution in [0.4, 0.5) is 0 Å². The first-order valence-corrected chi connectivity index (χ1v) is 5.62. The highest BCUT2D eigenvalue weighted by molar-refractivity contribution is 7.99. The van der Waals surface area contributed by atoms with Crippen LogP contribution >= 0.6 is 11.8 Å². The summed E-state index contributed by atoms with van der Waals surface area (Å²) in [7, 11) is 0. The van der Waals surface area contributed by atoms with Gasteiger partial charge in [0.2, 0.25) is 0 Å². The maximum atomic E-state index is 11.3. The molecule has 0 radical (unpaired) electrons. The first kappa shape index (κ1) is 12.5. The highest BCUT2D eigenvalue weighted by Crippen LogP contribution is 2.14. The first-order chi connectivity index (χ1) is 5.99. The van der Waals surface area contributed by atoms with E-state index in [0.717, 1.165) is 0 Å². The Balaban J connectivity index is 4.24. The fourth-order valence-corrected chi connectivity index (χ4v) is 1.57. The summed E-state index contributed by atoms with van der Waals surface area (Å²) < 4.78 is 0. The molecule has 0 saturated carbocycles. The Morgan fingerprint density at radius 1 is 1.38 bits per heavy atom. The van der Waals surface area contributed by atoms with Crippen LogP contribution in [0.5, 0.6) is 0 Å². The summed E-state index contributed by atoms with van der Waals surface area (Å²) in [4.78, 5) is 22.0. The van der Waals surface area contributed by atoms with Crippen molar-refractivity contribution in [1.82, 2.24) is 0 Å². The van der Waals surface area contributed by atoms with Gasteiger partial charge in [-0.1, -0.05) is 13.8 Å². The van der Waals surface area contributed by atoms with E-state index in [1.807, 2.05) is 13.8 Å². The van der Waals surface area contributed by atoms with Crippen LogP contribution in [0.3, 0.4) is 0 Å². The fraction of sp³-hybridized carbons (Fsp3) is 0.778. The zero-order valence-electron chi connectivity index (χ0n) is 8.24. The summed E-state index contributed by atoms with van der Waals surface area (Å²) in [5.74, 6) is -1.44. The number of Topliss-reactive ketones (excluding diaryl/α,β-unsaturated/α-hetero) is 1. The van der Waals surface area contributed by atoms with E-state index in [2.05, 4.69) is 0 Å². The van der Waals surface area contributed by atoms with Crippen molar-refractivity contribution in [3.63, 3.8) is 0 Å². The van der Waals surface area contributed by atoms with Gasteiger partial charge in [-0.15, -0.1) is 0 Å². The van der Waals surface area contributed by atoms with Crippen molar-refractivity contribution >= 4 is 23.5 Å². The van der Waals surface area contributed by atoms with Gasteiger partial charge in [0.15, 0.2) is 5.78 Å². The van der Waals surface area contributed by atoms with Crippen molar-refractivity contribution in [2.45, 2.75) is 20.3 Å². The topological polar surface area (TPSA) is 54.4 Å². The highest BCUT2D eigenvalue weighted by atomic mass is 32.2. The van der Waals surface area contributed by atoms with Crippen LogP contribution in [0.2, 0.25) is 0 Å². The van der Waals surface area contributed by atoms with E-state index in [4.69, 9.17) is 5.11 Å². The van der Waals surface area contributed by atoms with E-state index in [1.54, 1.807) is 6.26 Å². The third kappa shape index (κ3) is 4.93. The molecule has 1 N–H and O–H groups in total. The third-order valence-corrected chi connectivity index (χ3v) is 2.25. The van der Waals surface area contributed by atoms with Gasteiger partial charge in [-0.25, -0.2) is 0 Å². The summed E-state index contributed by atoms with van der Waals surface area (Å²) in [5, 5.41) is 8.79. The Hall–Kier alpha value is -0.510. The van der Waals surface area contributed by atoms with Crippen molar-refractivity contribution in [3.05, 3.63) is 0 Å². The number of thioether (sulfide) groups is 1. The smallest absolute Gasteiger partial charge is 0.314 e. The first-order valence-electron chi connectivity index (χ1n) is 4.23. The lowest BCUT2D eigenvalue weighted by Crippen LogP contribution is -2.26. The molecule has 0 rings (SSSR count). The van der Waals surface area contributed by atoms with Gasteiger partial charge in [0.05, 0.1) is 5.75 Å². The predicted molar refractivity (Wildman–Crippen MR) is 54.0 cm³/mol. The molecule has 1 atom stereocenters. The standard InChI is InChI=1S/C9H16O3S/c1-6(2)4-7(9(11)12)8(10)5-13-3/h6-7H,4-5H2,1-3H3,(H,11,12). The van der Waals surface area contributed by atoms with Gasteiger partial charge in [0.1, 0.15) is 5.92 Å². The van der Waals surface area contributed by atoms with E-state index in [-0.39, 0.29) is 11.7 Å². The largest absolute Gasteiger partial charge is 0.481 e. The average molecular weight is 204 g/mol. The number of carbonyl (C=O) groups is 2. The van der Waals surface area contributed by atoms with Gasteiger partial charge in [-0.2, -0.15) is 11.8 Å². The third-order valence-electron chi connectivity index (χ3n) is 1.68. The number of carboxylic acid groups (broad SMARTS) is 1. The Labute approximate surface area is 82.9 Å². The number of carbonyl (C=O) groups excluding carboxylic acids is 1. The molecule has 0 aliphatic rings. The van der Waals surface area contributed by atoms with E-state index in [9.17, 15) is 9.59 Å². The van der Waals surface area contributed by atoms with Gasteiger partial charge in [0, 0.05) is 0 Å². The molecular formula is C9H16O3S. The monoisotopic (exact) mass is 204 g/mol. The quantitative estimate of drug-likeness (QED) is 0.669. The second kappa shape index (κ2) is 6.02. The van der Waals surface area contributed by atoms with Gasteiger partial charge >= 0.3 is 5.97 Å². The minimum atomic E-state index is -0.993. The predicted octanol–water partition coefficient (Wildman–Crippen LogP) is 1.67. The molecule has 13 heavy (non-hydrogen) atoms. The lowest BCUT2D eigenvalue weighted by Gasteiger charge is -2.12. The molecule has 0 amide bonds. The SMILES string of the molecule is CSCC(=O)C(CC(C)C)C(=O)O. The Morgan fingerprint density at radius 3 is 2.23 bits per heavy atom. The van der Waals surface area contributed by atoms with Crippen LogP contribution in [-0.2, 0) is 9.59 Å². The zero-order valence-corrected chi connectivity index (χ0v) is 9.06. The van der Waals surface area contributed by atoms with Crippen LogP contribution in [0, 0.1) is 11.8 Å². The summed E-state index contributed by atoms with van der Waals surface area (Å²) >= 11 is 1.37. The van der Waals surface area contributed by atoms with Gasteiger partial charge in [-0.05, 0) is 18.6 Å². The second-order valence-corrected chi connectivity index (χ2v) is 4.29. The van der Waals surface area contributed by atoms with Crippen LogP contribution in [-0.4, -0.2) is 28.9 Å². The molecule has 76 valence electrons. The molecule has 0 fully saturated rings. The summed E-state index contributed by atoms with van der Waals surface area (Å²) in [6, 6.07) is 0. The maximum absolute atomic E-state index is 11.3. The molecule has 4 heteroatoms. The number of hydrogen-bond donors (Lipinski definition) is 1. The van der Waals surface area contributed by atoms with Crippen molar-refractivity contribution < 1.29 is 14.7 Å². The van der Waals surface area contributed by atoms with Gasteiger partial charge in [-0.3, -0.25) is 9.59 Å². The number of ketones is 1. The minimum Gasteiger partial charge on any atom is -0.481 e. The fourth-order valence-electron chi connectivity index (χ4n) is 1.08. The summed E-state index contributed by atoms with van der Waals surface area (Å²) in [6.07, 6.45) is 2.24. The Kier molecular flexibility index (Phi) is 5.79. The number of aliphatic carboxylic acids is 1. The van der Waals surface area contributed by atoms with Crippen molar-refractivity contribution in [1.29, 1.82) is 0 Å². The number of hydrogen-bond acceptors (Lipinski definition) is 3. The molecule has 0 saturated heterocycles. The van der Waals surface area contributed by atoms with Crippen LogP contribution in [0.15, 0.2) is 0 Å². The van der Waals surface area contributed by atoms with Crippen molar-refractivity contribution in [2.75, 3.05) is 12.0 Å². The van der Waals surface area contributed by atoms with E-state index in [0.29, 0.717) is 12.2 Å². The molecular weight excluding hydrogens is 188 g/mol. The molecule has 0 spiro atoms. The molecule has 0 aliphatic heterocycles. The molecule has 0 bridgehead atoms. The lowest BCUT2D eigenvalue weighted by atomic mass is 9.94. The second-order valence-electron chi connectivity index (χ2n) is 3.42. The molecule has 0 aromatic carbocycles.